The van der Waals surface area contributed by atoms with Crippen molar-refractivity contribution in [3.63, 3.8) is 0 Å². The van der Waals surface area contributed by atoms with E-state index in [1.807, 2.05) is 30.3 Å². The number of ether oxygens (including phenoxy) is 6. The first-order valence-electron chi connectivity index (χ1n) is 15.8. The number of hydrogen-bond donors (Lipinski definition) is 3. The topological polar surface area (TPSA) is 194 Å². The molecule has 0 radical (unpaired) electrons. The van der Waals surface area contributed by atoms with Gasteiger partial charge in [0.05, 0.1) is 26.9 Å². The van der Waals surface area contributed by atoms with E-state index in [9.17, 15) is 28.9 Å². The summed E-state index contributed by atoms with van der Waals surface area (Å²) in [7, 11) is -0.476. The molecule has 16 heteroatoms. The molecule has 5 rings (SSSR count). The van der Waals surface area contributed by atoms with E-state index < -0.39 is 68.0 Å². The molecule has 270 valence electrons. The highest BCUT2D eigenvalue weighted by atomic mass is 31.1. The Labute approximate surface area is 293 Å². The molecule has 15 nitrogen and oxygen atoms in total. The van der Waals surface area contributed by atoms with Crippen molar-refractivity contribution in [3.8, 4) is 11.5 Å². The van der Waals surface area contributed by atoms with E-state index in [1.54, 1.807) is 55.5 Å². The van der Waals surface area contributed by atoms with Crippen LogP contribution >= 0.6 is 8.25 Å². The van der Waals surface area contributed by atoms with Gasteiger partial charge in [-0.05, 0) is 54.8 Å². The van der Waals surface area contributed by atoms with Crippen LogP contribution in [0.3, 0.4) is 0 Å². The predicted octanol–water partition coefficient (Wildman–Crippen LogP) is 3.15. The van der Waals surface area contributed by atoms with Crippen LogP contribution in [-0.4, -0.2) is 77.1 Å². The summed E-state index contributed by atoms with van der Waals surface area (Å²) in [5.41, 5.74) is -1.26. The van der Waals surface area contributed by atoms with E-state index in [2.05, 4.69) is 4.98 Å². The Bertz CT molecular complexity index is 1870. The van der Waals surface area contributed by atoms with Gasteiger partial charge < -0.3 is 33.5 Å². The maximum atomic E-state index is 13.0. The molecule has 1 aliphatic heterocycles. The first-order valence-corrected chi connectivity index (χ1v) is 16.9. The van der Waals surface area contributed by atoms with Gasteiger partial charge in [-0.2, -0.15) is 0 Å². The van der Waals surface area contributed by atoms with E-state index in [1.165, 1.54) is 21.1 Å². The Balaban J connectivity index is 1.69. The molecule has 51 heavy (non-hydrogen) atoms. The molecule has 0 aliphatic carbocycles. The molecule has 2 heterocycles. The van der Waals surface area contributed by atoms with Gasteiger partial charge in [-0.1, -0.05) is 59.1 Å². The Morgan fingerprint density at radius 3 is 2.04 bits per heavy atom. The lowest BCUT2D eigenvalue weighted by Crippen LogP contribution is -2.55. The SMILES string of the molecule is CCOC(=O)CO[C@H]1[C@H](n2ccc(=O)[nH]c2=O)O[C@H](C(C)OC(c2ccccc2)(c2ccc(OC)cc2)c2ccc(OC)cc2)[C@@]1(O)O[P+](=O)O. The van der Waals surface area contributed by atoms with Crippen molar-refractivity contribution in [1.29, 1.82) is 0 Å². The second-order valence-electron chi connectivity index (χ2n) is 11.4. The van der Waals surface area contributed by atoms with Gasteiger partial charge in [-0.15, -0.1) is 4.89 Å². The number of hydrogen-bond acceptors (Lipinski definition) is 12. The summed E-state index contributed by atoms with van der Waals surface area (Å²) < 4.78 is 53.3. The smallest absolute Gasteiger partial charge is 0.497 e. The van der Waals surface area contributed by atoms with Crippen molar-refractivity contribution < 1.29 is 52.3 Å². The molecular weight excluding hydrogens is 687 g/mol. The van der Waals surface area contributed by atoms with Gasteiger partial charge in [-0.3, -0.25) is 14.3 Å². The highest BCUT2D eigenvalue weighted by Crippen LogP contribution is 2.49. The molecule has 0 bridgehead atoms. The van der Waals surface area contributed by atoms with Crippen LogP contribution in [0.25, 0.3) is 0 Å². The average molecular weight is 726 g/mol. The third kappa shape index (κ3) is 7.80. The van der Waals surface area contributed by atoms with Crippen LogP contribution in [0.1, 0.15) is 36.8 Å². The molecule has 4 aromatic rings. The number of aromatic amines is 1. The number of aromatic nitrogens is 2. The van der Waals surface area contributed by atoms with E-state index in [4.69, 9.17) is 32.9 Å². The average Bonchev–Trinajstić information content (AvgIpc) is 3.40. The normalized spacial score (nSPS) is 21.1. The summed E-state index contributed by atoms with van der Waals surface area (Å²) >= 11 is 0. The number of nitrogens with zero attached hydrogens (tertiary/aromatic N) is 1. The fourth-order valence-corrected chi connectivity index (χ4v) is 6.59. The zero-order chi connectivity index (χ0) is 36.8. The van der Waals surface area contributed by atoms with Gasteiger partial charge in [0.25, 0.3) is 11.3 Å². The summed E-state index contributed by atoms with van der Waals surface area (Å²) in [5.74, 6) is -2.52. The Morgan fingerprint density at radius 2 is 1.53 bits per heavy atom. The zero-order valence-corrected chi connectivity index (χ0v) is 29.1. The lowest BCUT2D eigenvalue weighted by Gasteiger charge is -2.40. The van der Waals surface area contributed by atoms with Crippen molar-refractivity contribution in [3.05, 3.63) is 129 Å². The van der Waals surface area contributed by atoms with Gasteiger partial charge in [0.1, 0.15) is 29.8 Å². The zero-order valence-electron chi connectivity index (χ0n) is 28.2. The molecule has 0 spiro atoms. The molecule has 1 fully saturated rings. The number of carbonyl (C=O) groups is 1. The summed E-state index contributed by atoms with van der Waals surface area (Å²) in [6, 6.07) is 24.4. The van der Waals surface area contributed by atoms with Crippen molar-refractivity contribution in [1.82, 2.24) is 9.55 Å². The van der Waals surface area contributed by atoms with Gasteiger partial charge >= 0.3 is 19.9 Å². The van der Waals surface area contributed by atoms with Gasteiger partial charge in [-0.25, -0.2) is 9.59 Å². The summed E-state index contributed by atoms with van der Waals surface area (Å²) in [5, 5.41) is 12.2. The monoisotopic (exact) mass is 725 g/mol. The number of H-pyrrole nitrogens is 1. The van der Waals surface area contributed by atoms with E-state index in [0.717, 1.165) is 16.8 Å². The molecule has 3 aromatic carbocycles. The lowest BCUT2D eigenvalue weighted by atomic mass is 9.79. The number of carbonyl (C=O) groups excluding carboxylic acids is 1. The van der Waals surface area contributed by atoms with Crippen molar-refractivity contribution in [2.24, 2.45) is 0 Å². The van der Waals surface area contributed by atoms with Crippen LogP contribution in [0, 0.1) is 0 Å². The molecule has 1 aromatic heterocycles. The van der Waals surface area contributed by atoms with E-state index in [0.29, 0.717) is 28.2 Å². The van der Waals surface area contributed by atoms with Crippen LogP contribution in [0.5, 0.6) is 11.5 Å². The minimum absolute atomic E-state index is 0.0151. The number of methoxy groups -OCH3 is 2. The van der Waals surface area contributed by atoms with Crippen LogP contribution in [0.15, 0.2) is 101 Å². The third-order valence-corrected chi connectivity index (χ3v) is 8.81. The van der Waals surface area contributed by atoms with Crippen molar-refractivity contribution in [2.75, 3.05) is 27.4 Å². The second kappa shape index (κ2) is 16.1. The minimum Gasteiger partial charge on any atom is -0.497 e. The van der Waals surface area contributed by atoms with Gasteiger partial charge in [0, 0.05) is 16.8 Å². The van der Waals surface area contributed by atoms with Gasteiger partial charge in [0.15, 0.2) is 12.3 Å². The second-order valence-corrected chi connectivity index (χ2v) is 12.1. The Morgan fingerprint density at radius 1 is 0.961 bits per heavy atom. The molecule has 0 amide bonds. The molecule has 1 saturated heterocycles. The molecule has 1 aliphatic rings. The summed E-state index contributed by atoms with van der Waals surface area (Å²) in [6.07, 6.45) is -5.29. The van der Waals surface area contributed by atoms with Crippen LogP contribution in [0.4, 0.5) is 0 Å². The number of rotatable bonds is 15. The number of esters is 1. The number of nitrogens with one attached hydrogen (secondary N) is 1. The van der Waals surface area contributed by atoms with Crippen molar-refractivity contribution in [2.45, 2.75) is 49.8 Å². The Hall–Kier alpha value is -4.73. The molecule has 6 atom stereocenters. The molecule has 0 saturated carbocycles. The maximum Gasteiger partial charge on any atom is 0.697 e. The first-order chi connectivity index (χ1) is 24.5. The van der Waals surface area contributed by atoms with Crippen LogP contribution in [0.2, 0.25) is 0 Å². The van der Waals surface area contributed by atoms with Crippen molar-refractivity contribution >= 4 is 14.2 Å². The summed E-state index contributed by atoms with van der Waals surface area (Å²) in [4.78, 5) is 49.4. The standard InChI is InChI=1S/C35H37N2O13P/c1-5-46-29(39)21-47-31-32(37-20-19-28(38)36-33(37)40)48-30(35(31,41)50-51(42)43)22(2)49-34(23-9-7-6-8-10-23,24-11-15-26(44-3)16-12-24)25-13-17-27(45-4)18-14-25/h6-20,22,30-32,41H,5,21H2,1-4H3,(H-,36,38,40,42,43)/p+1/t22?,30-,31+,32-,35-/m1/s1. The third-order valence-electron chi connectivity index (χ3n) is 8.36. The van der Waals surface area contributed by atoms with Crippen LogP contribution in [-0.2, 0) is 38.4 Å². The quantitative estimate of drug-likeness (QED) is 0.0701. The fourth-order valence-electron chi connectivity index (χ4n) is 6.13. The minimum atomic E-state index is -3.55. The Kier molecular flexibility index (Phi) is 11.8. The highest BCUT2D eigenvalue weighted by molar-refractivity contribution is 7.32. The maximum absolute atomic E-state index is 13.0. The lowest BCUT2D eigenvalue weighted by molar-refractivity contribution is -0.247. The molecule has 3 N–H and O–H groups in total. The number of benzene rings is 3. The first kappa shape index (κ1) is 37.5. The number of aliphatic hydroxyl groups is 1. The fraction of sp³-hybridized carbons (Fsp3) is 0.343. The van der Waals surface area contributed by atoms with Crippen LogP contribution < -0.4 is 20.7 Å². The van der Waals surface area contributed by atoms with E-state index in [-0.39, 0.29) is 6.61 Å². The molecule has 2 unspecified atom stereocenters. The predicted molar refractivity (Wildman–Crippen MR) is 180 cm³/mol. The van der Waals surface area contributed by atoms with E-state index >= 15 is 0 Å². The van der Waals surface area contributed by atoms with Gasteiger partial charge in [0.2, 0.25) is 0 Å². The summed E-state index contributed by atoms with van der Waals surface area (Å²) in [6.45, 7) is 2.36. The largest absolute Gasteiger partial charge is 0.697 e. The molecular formula is C35H38N2O13P+. The highest BCUT2D eigenvalue weighted by Gasteiger charge is 2.66.